The van der Waals surface area contributed by atoms with Gasteiger partial charge in [-0.05, 0) is 6.07 Å². The van der Waals surface area contributed by atoms with Crippen LogP contribution in [0.25, 0.3) is 0 Å². The standard InChI is InChI=1S/C10H11N3O5/c1-18-10(15)8(11)9(14)12-6-3-2-4-7(5-6)13(16)17/h2-5,8H,11H2,1H3,(H,12,14). The Bertz CT molecular complexity index is 488. The summed E-state index contributed by atoms with van der Waals surface area (Å²) in [6.45, 7) is 0. The van der Waals surface area contributed by atoms with Gasteiger partial charge in [-0.1, -0.05) is 6.07 Å². The first-order chi connectivity index (χ1) is 8.45. The molecule has 0 aliphatic heterocycles. The topological polar surface area (TPSA) is 125 Å². The van der Waals surface area contributed by atoms with Crippen molar-refractivity contribution in [2.75, 3.05) is 12.4 Å². The van der Waals surface area contributed by atoms with Gasteiger partial charge in [0.15, 0.2) is 6.04 Å². The lowest BCUT2D eigenvalue weighted by Crippen LogP contribution is -2.43. The van der Waals surface area contributed by atoms with Crippen LogP contribution in [0.1, 0.15) is 0 Å². The normalized spacial score (nSPS) is 11.4. The van der Waals surface area contributed by atoms with Crippen molar-refractivity contribution >= 4 is 23.3 Å². The van der Waals surface area contributed by atoms with Gasteiger partial charge in [-0.25, -0.2) is 4.79 Å². The van der Waals surface area contributed by atoms with E-state index in [1.54, 1.807) is 0 Å². The third-order valence-corrected chi connectivity index (χ3v) is 2.06. The molecule has 1 aromatic rings. The van der Waals surface area contributed by atoms with E-state index in [1.165, 1.54) is 18.2 Å². The molecule has 0 heterocycles. The summed E-state index contributed by atoms with van der Waals surface area (Å²) < 4.78 is 4.30. The van der Waals surface area contributed by atoms with Gasteiger partial charge in [-0.15, -0.1) is 0 Å². The van der Waals surface area contributed by atoms with E-state index >= 15 is 0 Å². The number of non-ortho nitro benzene ring substituents is 1. The summed E-state index contributed by atoms with van der Waals surface area (Å²) in [7, 11) is 1.10. The van der Waals surface area contributed by atoms with Crippen LogP contribution in [0.2, 0.25) is 0 Å². The van der Waals surface area contributed by atoms with Crippen LogP contribution in [0, 0.1) is 10.1 Å². The Kier molecular flexibility index (Phi) is 4.33. The molecule has 1 aromatic carbocycles. The van der Waals surface area contributed by atoms with E-state index < -0.39 is 22.8 Å². The lowest BCUT2D eigenvalue weighted by atomic mass is 10.2. The van der Waals surface area contributed by atoms with Crippen LogP contribution in [0.4, 0.5) is 11.4 Å². The molecule has 0 bridgehead atoms. The van der Waals surface area contributed by atoms with E-state index in [0.717, 1.165) is 13.2 Å². The molecule has 1 rings (SSSR count). The minimum atomic E-state index is -1.48. The molecule has 8 heteroatoms. The summed E-state index contributed by atoms with van der Waals surface area (Å²) in [4.78, 5) is 32.4. The molecule has 0 aromatic heterocycles. The van der Waals surface area contributed by atoms with Crippen LogP contribution in [0.3, 0.4) is 0 Å². The molecular weight excluding hydrogens is 242 g/mol. The Labute approximate surface area is 102 Å². The monoisotopic (exact) mass is 253 g/mol. The van der Waals surface area contributed by atoms with Crippen LogP contribution in [0.5, 0.6) is 0 Å². The zero-order valence-corrected chi connectivity index (χ0v) is 9.45. The zero-order chi connectivity index (χ0) is 13.7. The molecule has 18 heavy (non-hydrogen) atoms. The fourth-order valence-electron chi connectivity index (χ4n) is 1.15. The minimum absolute atomic E-state index is 0.175. The summed E-state index contributed by atoms with van der Waals surface area (Å²) in [6, 6.07) is 3.79. The molecule has 96 valence electrons. The average molecular weight is 253 g/mol. The summed E-state index contributed by atoms with van der Waals surface area (Å²) in [5.74, 6) is -1.69. The van der Waals surface area contributed by atoms with Crippen molar-refractivity contribution in [1.29, 1.82) is 0 Å². The molecule has 8 nitrogen and oxygen atoms in total. The van der Waals surface area contributed by atoms with E-state index in [2.05, 4.69) is 10.1 Å². The van der Waals surface area contributed by atoms with Gasteiger partial charge in [-0.2, -0.15) is 0 Å². The smallest absolute Gasteiger partial charge is 0.332 e. The van der Waals surface area contributed by atoms with Crippen molar-refractivity contribution in [3.63, 3.8) is 0 Å². The Balaban J connectivity index is 2.79. The highest BCUT2D eigenvalue weighted by Crippen LogP contribution is 2.16. The highest BCUT2D eigenvalue weighted by atomic mass is 16.6. The maximum Gasteiger partial charge on any atom is 0.332 e. The number of nitrogens with two attached hydrogens (primary N) is 1. The first-order valence-corrected chi connectivity index (χ1v) is 4.84. The SMILES string of the molecule is COC(=O)C(N)C(=O)Nc1cccc([N+](=O)[O-])c1. The van der Waals surface area contributed by atoms with Crippen LogP contribution < -0.4 is 11.1 Å². The number of rotatable bonds is 4. The molecule has 1 atom stereocenters. The second-order valence-corrected chi connectivity index (χ2v) is 3.30. The van der Waals surface area contributed by atoms with Gasteiger partial charge in [0, 0.05) is 17.8 Å². The largest absolute Gasteiger partial charge is 0.467 e. The maximum atomic E-state index is 11.5. The Morgan fingerprint density at radius 2 is 2.17 bits per heavy atom. The van der Waals surface area contributed by atoms with Crippen molar-refractivity contribution in [1.82, 2.24) is 0 Å². The molecule has 3 N–H and O–H groups in total. The number of ether oxygens (including phenoxy) is 1. The van der Waals surface area contributed by atoms with Crippen molar-refractivity contribution in [3.05, 3.63) is 34.4 Å². The summed E-state index contributed by atoms with van der Waals surface area (Å²) in [6.07, 6.45) is 0. The number of hydrogen-bond acceptors (Lipinski definition) is 6. The van der Waals surface area contributed by atoms with Gasteiger partial charge in [0.25, 0.3) is 11.6 Å². The number of nitrogens with one attached hydrogen (secondary N) is 1. The highest BCUT2D eigenvalue weighted by Gasteiger charge is 2.23. The Morgan fingerprint density at radius 1 is 1.50 bits per heavy atom. The third kappa shape index (κ3) is 3.25. The summed E-state index contributed by atoms with van der Waals surface area (Å²) >= 11 is 0. The third-order valence-electron chi connectivity index (χ3n) is 2.06. The van der Waals surface area contributed by atoms with Crippen molar-refractivity contribution in [2.45, 2.75) is 6.04 Å². The molecule has 0 saturated heterocycles. The number of anilines is 1. The van der Waals surface area contributed by atoms with E-state index in [1.807, 2.05) is 0 Å². The van der Waals surface area contributed by atoms with Gasteiger partial charge in [-0.3, -0.25) is 14.9 Å². The van der Waals surface area contributed by atoms with Gasteiger partial charge in [0.1, 0.15) is 0 Å². The van der Waals surface area contributed by atoms with Crippen LogP contribution in [0.15, 0.2) is 24.3 Å². The molecular formula is C10H11N3O5. The molecule has 0 fully saturated rings. The first kappa shape index (κ1) is 13.6. The Morgan fingerprint density at radius 3 is 2.72 bits per heavy atom. The second kappa shape index (κ2) is 5.73. The summed E-state index contributed by atoms with van der Waals surface area (Å²) in [5.41, 5.74) is 5.29. The highest BCUT2D eigenvalue weighted by molar-refractivity contribution is 6.08. The van der Waals surface area contributed by atoms with Gasteiger partial charge in [0.2, 0.25) is 0 Å². The lowest BCUT2D eigenvalue weighted by molar-refractivity contribution is -0.384. The minimum Gasteiger partial charge on any atom is -0.467 e. The number of carbonyl (C=O) groups excluding carboxylic acids is 2. The molecule has 0 radical (unpaired) electrons. The van der Waals surface area contributed by atoms with Crippen LogP contribution >= 0.6 is 0 Å². The predicted molar refractivity (Wildman–Crippen MR) is 61.7 cm³/mol. The number of amides is 1. The van der Waals surface area contributed by atoms with Crippen LogP contribution in [-0.4, -0.2) is 30.0 Å². The van der Waals surface area contributed by atoms with E-state index in [9.17, 15) is 19.7 Å². The number of benzene rings is 1. The Hall–Kier alpha value is -2.48. The second-order valence-electron chi connectivity index (χ2n) is 3.30. The lowest BCUT2D eigenvalue weighted by Gasteiger charge is -2.09. The predicted octanol–water partition coefficient (Wildman–Crippen LogP) is 0.0336. The van der Waals surface area contributed by atoms with E-state index in [0.29, 0.717) is 0 Å². The number of carbonyl (C=O) groups is 2. The van der Waals surface area contributed by atoms with Crippen molar-refractivity contribution in [3.8, 4) is 0 Å². The number of nitrogens with zero attached hydrogens (tertiary/aromatic N) is 1. The zero-order valence-electron chi connectivity index (χ0n) is 9.45. The molecule has 1 amide bonds. The van der Waals surface area contributed by atoms with Gasteiger partial charge < -0.3 is 15.8 Å². The molecule has 0 spiro atoms. The number of esters is 1. The molecule has 0 saturated carbocycles. The van der Waals surface area contributed by atoms with Crippen molar-refractivity contribution in [2.24, 2.45) is 5.73 Å². The number of methoxy groups -OCH3 is 1. The quantitative estimate of drug-likeness (QED) is 0.337. The molecule has 0 aliphatic carbocycles. The number of nitro benzene ring substituents is 1. The fourth-order valence-corrected chi connectivity index (χ4v) is 1.15. The van der Waals surface area contributed by atoms with E-state index in [-0.39, 0.29) is 11.4 Å². The molecule has 1 unspecified atom stereocenters. The average Bonchev–Trinajstić information content (AvgIpc) is 2.37. The summed E-state index contributed by atoms with van der Waals surface area (Å²) in [5, 5.41) is 12.8. The van der Waals surface area contributed by atoms with Crippen LogP contribution in [-0.2, 0) is 14.3 Å². The van der Waals surface area contributed by atoms with Gasteiger partial charge >= 0.3 is 5.97 Å². The van der Waals surface area contributed by atoms with E-state index in [4.69, 9.17) is 5.73 Å². The fraction of sp³-hybridized carbons (Fsp3) is 0.200. The molecule has 0 aliphatic rings. The first-order valence-electron chi connectivity index (χ1n) is 4.84. The van der Waals surface area contributed by atoms with Crippen molar-refractivity contribution < 1.29 is 19.2 Å². The number of hydrogen-bond donors (Lipinski definition) is 2. The maximum absolute atomic E-state index is 11.5. The number of nitro groups is 1. The van der Waals surface area contributed by atoms with Gasteiger partial charge in [0.05, 0.1) is 12.0 Å².